The van der Waals surface area contributed by atoms with Crippen LogP contribution in [0.1, 0.15) is 45.4 Å². The number of hydrogen-bond acceptors (Lipinski definition) is 4. The van der Waals surface area contributed by atoms with E-state index in [1.54, 1.807) is 0 Å². The monoisotopic (exact) mass is 297 g/mol. The highest BCUT2D eigenvalue weighted by Gasteiger charge is 2.24. The molecule has 4 heteroatoms. The van der Waals surface area contributed by atoms with Gasteiger partial charge in [-0.25, -0.2) is 0 Å². The zero-order valence-electron chi connectivity index (χ0n) is 14.0. The number of rotatable bonds is 9. The van der Waals surface area contributed by atoms with Crippen molar-refractivity contribution in [1.29, 1.82) is 0 Å². The molecule has 2 rings (SSSR count). The van der Waals surface area contributed by atoms with E-state index in [-0.39, 0.29) is 0 Å². The molecule has 0 amide bonds. The Kier molecular flexibility index (Phi) is 8.64. The van der Waals surface area contributed by atoms with Crippen LogP contribution in [0.2, 0.25) is 0 Å². The maximum Gasteiger partial charge on any atom is 0.0477 e. The molecule has 4 nitrogen and oxygen atoms in total. The van der Waals surface area contributed by atoms with Gasteiger partial charge in [0.2, 0.25) is 0 Å². The van der Waals surface area contributed by atoms with Crippen LogP contribution in [0.5, 0.6) is 0 Å². The highest BCUT2D eigenvalue weighted by molar-refractivity contribution is 4.81. The third kappa shape index (κ3) is 6.64. The molecule has 2 heterocycles. The van der Waals surface area contributed by atoms with Crippen LogP contribution >= 0.6 is 0 Å². The van der Waals surface area contributed by atoms with E-state index in [0.717, 1.165) is 38.8 Å². The first-order valence-corrected chi connectivity index (χ1v) is 9.15. The van der Waals surface area contributed by atoms with Crippen molar-refractivity contribution in [2.45, 2.75) is 51.5 Å². The van der Waals surface area contributed by atoms with Crippen LogP contribution in [0.4, 0.5) is 0 Å². The van der Waals surface area contributed by atoms with E-state index in [4.69, 9.17) is 4.74 Å². The molecule has 0 aromatic carbocycles. The summed E-state index contributed by atoms with van der Waals surface area (Å²) in [5.74, 6) is 0. The first-order valence-electron chi connectivity index (χ1n) is 9.15. The molecule has 0 saturated carbocycles. The summed E-state index contributed by atoms with van der Waals surface area (Å²) in [6.07, 6.45) is 8.18. The first kappa shape index (κ1) is 17.2. The standard InChI is InChI=1S/C17H35N3O/c1-2-21-16-6-9-18-10-15-19-13-7-17(8-14-19)20-11-4-3-5-12-20/h17-18H,2-16H2,1H3. The molecule has 2 aliphatic rings. The lowest BCUT2D eigenvalue weighted by Gasteiger charge is -2.40. The van der Waals surface area contributed by atoms with Gasteiger partial charge in [-0.1, -0.05) is 6.42 Å². The van der Waals surface area contributed by atoms with Gasteiger partial charge in [-0.15, -0.1) is 0 Å². The van der Waals surface area contributed by atoms with E-state index in [0.29, 0.717) is 0 Å². The van der Waals surface area contributed by atoms with Gasteiger partial charge in [0.1, 0.15) is 0 Å². The second kappa shape index (κ2) is 10.5. The second-order valence-corrected chi connectivity index (χ2v) is 6.47. The summed E-state index contributed by atoms with van der Waals surface area (Å²) in [6, 6.07) is 0.876. The van der Waals surface area contributed by atoms with Crippen molar-refractivity contribution in [3.8, 4) is 0 Å². The molecule has 0 aliphatic carbocycles. The Balaban J connectivity index is 1.47. The van der Waals surface area contributed by atoms with Gasteiger partial charge in [-0.05, 0) is 71.8 Å². The van der Waals surface area contributed by atoms with Crippen LogP contribution in [-0.2, 0) is 4.74 Å². The molecule has 0 aromatic rings. The van der Waals surface area contributed by atoms with Gasteiger partial charge >= 0.3 is 0 Å². The molecule has 0 spiro atoms. The molecule has 0 unspecified atom stereocenters. The van der Waals surface area contributed by atoms with E-state index >= 15 is 0 Å². The van der Waals surface area contributed by atoms with Crippen LogP contribution in [0, 0.1) is 0 Å². The SMILES string of the molecule is CCOCCCNCCN1CCC(N2CCCCC2)CC1. The van der Waals surface area contributed by atoms with Gasteiger partial charge in [-0.3, -0.25) is 0 Å². The molecular weight excluding hydrogens is 262 g/mol. The Labute approximate surface area is 131 Å². The van der Waals surface area contributed by atoms with E-state index in [1.807, 2.05) is 0 Å². The molecule has 0 bridgehead atoms. The summed E-state index contributed by atoms with van der Waals surface area (Å²) >= 11 is 0. The van der Waals surface area contributed by atoms with Crippen molar-refractivity contribution >= 4 is 0 Å². The molecule has 124 valence electrons. The van der Waals surface area contributed by atoms with Gasteiger partial charge in [0.25, 0.3) is 0 Å². The molecular formula is C17H35N3O. The van der Waals surface area contributed by atoms with E-state index in [2.05, 4.69) is 22.0 Å². The Hall–Kier alpha value is -0.160. The molecule has 2 saturated heterocycles. The second-order valence-electron chi connectivity index (χ2n) is 6.47. The zero-order chi connectivity index (χ0) is 14.8. The Bertz CT molecular complexity index is 248. The van der Waals surface area contributed by atoms with E-state index in [9.17, 15) is 0 Å². The highest BCUT2D eigenvalue weighted by atomic mass is 16.5. The fourth-order valence-corrected chi connectivity index (χ4v) is 3.60. The van der Waals surface area contributed by atoms with Crippen molar-refractivity contribution in [2.24, 2.45) is 0 Å². The van der Waals surface area contributed by atoms with Gasteiger partial charge in [0.15, 0.2) is 0 Å². The van der Waals surface area contributed by atoms with Crippen molar-refractivity contribution in [3.05, 3.63) is 0 Å². The zero-order valence-corrected chi connectivity index (χ0v) is 14.0. The van der Waals surface area contributed by atoms with E-state index < -0.39 is 0 Å². The third-order valence-corrected chi connectivity index (χ3v) is 4.92. The van der Waals surface area contributed by atoms with Crippen molar-refractivity contribution in [2.75, 3.05) is 59.0 Å². The fraction of sp³-hybridized carbons (Fsp3) is 1.00. The van der Waals surface area contributed by atoms with Crippen LogP contribution in [0.15, 0.2) is 0 Å². The number of hydrogen-bond donors (Lipinski definition) is 1. The summed E-state index contributed by atoms with van der Waals surface area (Å²) < 4.78 is 5.34. The maximum absolute atomic E-state index is 5.34. The lowest BCUT2D eigenvalue weighted by molar-refractivity contribution is 0.0928. The van der Waals surface area contributed by atoms with Crippen molar-refractivity contribution in [3.63, 3.8) is 0 Å². The molecule has 2 aliphatic heterocycles. The molecule has 0 aromatic heterocycles. The minimum atomic E-state index is 0.839. The van der Waals surface area contributed by atoms with E-state index in [1.165, 1.54) is 64.8 Å². The molecule has 0 radical (unpaired) electrons. The average Bonchev–Trinajstić information content (AvgIpc) is 2.55. The van der Waals surface area contributed by atoms with Crippen LogP contribution < -0.4 is 5.32 Å². The molecule has 21 heavy (non-hydrogen) atoms. The number of ether oxygens (including phenoxy) is 1. The highest BCUT2D eigenvalue weighted by Crippen LogP contribution is 2.20. The summed E-state index contributed by atoms with van der Waals surface area (Å²) in [5.41, 5.74) is 0. The molecule has 1 N–H and O–H groups in total. The largest absolute Gasteiger partial charge is 0.382 e. The molecule has 0 atom stereocenters. The summed E-state index contributed by atoms with van der Waals surface area (Å²) in [5, 5.41) is 3.53. The van der Waals surface area contributed by atoms with Crippen molar-refractivity contribution in [1.82, 2.24) is 15.1 Å². The number of nitrogens with one attached hydrogen (secondary N) is 1. The fourth-order valence-electron chi connectivity index (χ4n) is 3.60. The summed E-state index contributed by atoms with van der Waals surface area (Å²) in [6.45, 7) is 12.5. The summed E-state index contributed by atoms with van der Waals surface area (Å²) in [4.78, 5) is 5.39. The third-order valence-electron chi connectivity index (χ3n) is 4.92. The first-order chi connectivity index (χ1) is 10.4. The predicted octanol–water partition coefficient (Wildman–Crippen LogP) is 1.95. The Morgan fingerprint density at radius 1 is 1.00 bits per heavy atom. The van der Waals surface area contributed by atoms with Gasteiger partial charge < -0.3 is 19.9 Å². The minimum absolute atomic E-state index is 0.839. The average molecular weight is 297 g/mol. The van der Waals surface area contributed by atoms with Crippen LogP contribution in [-0.4, -0.2) is 74.9 Å². The normalized spacial score (nSPS) is 22.7. The number of likely N-dealkylation sites (tertiary alicyclic amines) is 2. The lowest BCUT2D eigenvalue weighted by atomic mass is 10.00. The van der Waals surface area contributed by atoms with Gasteiger partial charge in [0, 0.05) is 32.3 Å². The minimum Gasteiger partial charge on any atom is -0.382 e. The van der Waals surface area contributed by atoms with Crippen molar-refractivity contribution < 1.29 is 4.74 Å². The topological polar surface area (TPSA) is 27.7 Å². The van der Waals surface area contributed by atoms with Gasteiger partial charge in [0.05, 0.1) is 0 Å². The van der Waals surface area contributed by atoms with Gasteiger partial charge in [-0.2, -0.15) is 0 Å². The van der Waals surface area contributed by atoms with Crippen LogP contribution in [0.3, 0.4) is 0 Å². The number of nitrogens with zero attached hydrogens (tertiary/aromatic N) is 2. The lowest BCUT2D eigenvalue weighted by Crippen LogP contribution is -2.47. The smallest absolute Gasteiger partial charge is 0.0477 e. The predicted molar refractivity (Wildman–Crippen MR) is 88.9 cm³/mol. The molecule has 2 fully saturated rings. The maximum atomic E-state index is 5.34. The summed E-state index contributed by atoms with van der Waals surface area (Å²) in [7, 11) is 0. The Morgan fingerprint density at radius 3 is 2.48 bits per heavy atom. The quantitative estimate of drug-likeness (QED) is 0.658. The number of piperidine rings is 2. The van der Waals surface area contributed by atoms with Crippen LogP contribution in [0.25, 0.3) is 0 Å². The Morgan fingerprint density at radius 2 is 1.76 bits per heavy atom.